The topological polar surface area (TPSA) is 24.9 Å². The van der Waals surface area contributed by atoms with Crippen LogP contribution < -0.4 is 5.32 Å². The van der Waals surface area contributed by atoms with Crippen LogP contribution in [0.4, 0.5) is 10.8 Å². The van der Waals surface area contributed by atoms with Crippen molar-refractivity contribution in [3.8, 4) is 11.3 Å². The maximum Gasteiger partial charge on any atom is 0.187 e. The van der Waals surface area contributed by atoms with Crippen molar-refractivity contribution in [2.45, 2.75) is 0 Å². The Morgan fingerprint density at radius 1 is 1.00 bits per heavy atom. The van der Waals surface area contributed by atoms with Crippen LogP contribution in [0.3, 0.4) is 0 Å². The molecule has 0 bridgehead atoms. The summed E-state index contributed by atoms with van der Waals surface area (Å²) >= 11 is 13.6. The van der Waals surface area contributed by atoms with Crippen LogP contribution in [0.2, 0.25) is 10.0 Å². The van der Waals surface area contributed by atoms with E-state index in [0.717, 1.165) is 22.1 Å². The summed E-state index contributed by atoms with van der Waals surface area (Å²) < 4.78 is 0. The Morgan fingerprint density at radius 2 is 1.76 bits per heavy atom. The molecule has 1 aromatic heterocycles. The quantitative estimate of drug-likeness (QED) is 0.546. The molecule has 2 aromatic carbocycles. The van der Waals surface area contributed by atoms with Gasteiger partial charge in [0.2, 0.25) is 0 Å². The number of hydrogen-bond acceptors (Lipinski definition) is 3. The fraction of sp³-hybridized carbons (Fsp3) is 0. The number of nitrogens with one attached hydrogen (secondary N) is 1. The Kier molecular flexibility index (Phi) is 5.65. The number of anilines is 2. The van der Waals surface area contributed by atoms with Crippen molar-refractivity contribution in [3.05, 3.63) is 64.0 Å². The normalized spacial score (nSPS) is 10.0. The number of hydrogen-bond donors (Lipinski definition) is 1. The third-order valence-corrected chi connectivity index (χ3v) is 4.07. The van der Waals surface area contributed by atoms with Gasteiger partial charge in [-0.3, -0.25) is 0 Å². The lowest BCUT2D eigenvalue weighted by Crippen LogP contribution is -1.90. The lowest BCUT2D eigenvalue weighted by atomic mass is 10.2. The lowest BCUT2D eigenvalue weighted by Gasteiger charge is -2.05. The van der Waals surface area contributed by atoms with Gasteiger partial charge >= 0.3 is 0 Å². The second kappa shape index (κ2) is 7.27. The molecule has 1 N–H and O–H groups in total. The number of nitrogens with zero attached hydrogens (tertiary/aromatic N) is 1. The van der Waals surface area contributed by atoms with Crippen molar-refractivity contribution in [1.82, 2.24) is 4.98 Å². The minimum atomic E-state index is 0. The molecular weight excluding hydrogens is 391 g/mol. The monoisotopic (exact) mass is 400 g/mol. The predicted octanol–water partition coefficient (Wildman–Crippen LogP) is 6.44. The van der Waals surface area contributed by atoms with Crippen molar-refractivity contribution in [2.24, 2.45) is 0 Å². The van der Waals surface area contributed by atoms with Crippen LogP contribution in [-0.2, 0) is 0 Å². The fourth-order valence-corrected chi connectivity index (χ4v) is 2.85. The molecule has 0 amide bonds. The smallest absolute Gasteiger partial charge is 0.187 e. The molecule has 1 heterocycles. The Morgan fingerprint density at radius 3 is 2.52 bits per heavy atom. The average molecular weight is 402 g/mol. The van der Waals surface area contributed by atoms with E-state index in [-0.39, 0.29) is 17.0 Å². The number of rotatable bonds is 3. The SMILES string of the molecule is Br.Clc1ccc(Cl)c(Nc2nc(-c3ccccc3)cs2)c1. The van der Waals surface area contributed by atoms with Crippen molar-refractivity contribution in [3.63, 3.8) is 0 Å². The van der Waals surface area contributed by atoms with Gasteiger partial charge in [0.15, 0.2) is 5.13 Å². The van der Waals surface area contributed by atoms with Crippen LogP contribution >= 0.6 is 51.5 Å². The summed E-state index contributed by atoms with van der Waals surface area (Å²) in [6, 6.07) is 15.3. The summed E-state index contributed by atoms with van der Waals surface area (Å²) in [4.78, 5) is 4.55. The minimum absolute atomic E-state index is 0. The van der Waals surface area contributed by atoms with Gasteiger partial charge in [-0.05, 0) is 18.2 Å². The van der Waals surface area contributed by atoms with Crippen molar-refractivity contribution in [2.75, 3.05) is 5.32 Å². The zero-order valence-electron chi connectivity index (χ0n) is 10.7. The van der Waals surface area contributed by atoms with E-state index in [1.807, 2.05) is 35.7 Å². The molecule has 0 fully saturated rings. The minimum Gasteiger partial charge on any atom is -0.330 e. The van der Waals surface area contributed by atoms with E-state index in [1.165, 1.54) is 11.3 Å². The average Bonchev–Trinajstić information content (AvgIpc) is 2.92. The largest absolute Gasteiger partial charge is 0.330 e. The Balaban J connectivity index is 0.00000161. The summed E-state index contributed by atoms with van der Waals surface area (Å²) in [5.41, 5.74) is 2.79. The van der Waals surface area contributed by atoms with E-state index >= 15 is 0 Å². The molecule has 2 nitrogen and oxygen atoms in total. The fourth-order valence-electron chi connectivity index (χ4n) is 1.78. The molecular formula is C15H11BrCl2N2S. The van der Waals surface area contributed by atoms with E-state index in [4.69, 9.17) is 23.2 Å². The number of halogens is 3. The van der Waals surface area contributed by atoms with Gasteiger partial charge in [0.05, 0.1) is 16.4 Å². The zero-order valence-corrected chi connectivity index (χ0v) is 14.8. The molecule has 21 heavy (non-hydrogen) atoms. The summed E-state index contributed by atoms with van der Waals surface area (Å²) in [5, 5.41) is 7.24. The van der Waals surface area contributed by atoms with E-state index in [0.29, 0.717) is 10.0 Å². The van der Waals surface area contributed by atoms with Gasteiger partial charge in [-0.1, -0.05) is 53.5 Å². The molecule has 3 aromatic rings. The maximum atomic E-state index is 6.13. The third kappa shape index (κ3) is 3.98. The van der Waals surface area contributed by atoms with E-state index in [1.54, 1.807) is 18.2 Å². The Bertz CT molecular complexity index is 732. The first-order valence-electron chi connectivity index (χ1n) is 5.95. The highest BCUT2D eigenvalue weighted by molar-refractivity contribution is 8.93. The highest BCUT2D eigenvalue weighted by Crippen LogP contribution is 2.31. The van der Waals surface area contributed by atoms with Crippen molar-refractivity contribution < 1.29 is 0 Å². The van der Waals surface area contributed by atoms with Crippen molar-refractivity contribution >= 4 is 62.3 Å². The number of thiazole rings is 1. The summed E-state index contributed by atoms with van der Waals surface area (Å²) in [6.07, 6.45) is 0. The molecule has 6 heteroatoms. The lowest BCUT2D eigenvalue weighted by molar-refractivity contribution is 1.38. The van der Waals surface area contributed by atoms with Crippen LogP contribution in [-0.4, -0.2) is 4.98 Å². The molecule has 0 saturated heterocycles. The predicted molar refractivity (Wildman–Crippen MR) is 97.6 cm³/mol. The Hall–Kier alpha value is -1.07. The molecule has 0 spiro atoms. The molecule has 0 aliphatic rings. The molecule has 108 valence electrons. The van der Waals surface area contributed by atoms with E-state index in [9.17, 15) is 0 Å². The number of benzene rings is 2. The molecule has 0 aliphatic carbocycles. The highest BCUT2D eigenvalue weighted by Gasteiger charge is 2.07. The second-order valence-corrected chi connectivity index (χ2v) is 5.85. The molecule has 0 atom stereocenters. The summed E-state index contributed by atoms with van der Waals surface area (Å²) in [6.45, 7) is 0. The van der Waals surface area contributed by atoms with Gasteiger partial charge in [0.25, 0.3) is 0 Å². The maximum absolute atomic E-state index is 6.13. The Labute approximate surface area is 147 Å². The highest BCUT2D eigenvalue weighted by atomic mass is 79.9. The molecule has 0 unspecified atom stereocenters. The van der Waals surface area contributed by atoms with Gasteiger partial charge in [-0.25, -0.2) is 4.98 Å². The molecule has 0 saturated carbocycles. The summed E-state index contributed by atoms with van der Waals surface area (Å²) in [7, 11) is 0. The van der Waals surface area contributed by atoms with Crippen LogP contribution in [0.15, 0.2) is 53.9 Å². The third-order valence-electron chi connectivity index (χ3n) is 2.74. The van der Waals surface area contributed by atoms with Crippen LogP contribution in [0.25, 0.3) is 11.3 Å². The van der Waals surface area contributed by atoms with Gasteiger partial charge in [-0.2, -0.15) is 0 Å². The standard InChI is InChI=1S/C15H10Cl2N2S.BrH/c16-11-6-7-12(17)13(8-11)18-15-19-14(9-20-15)10-4-2-1-3-5-10;/h1-9H,(H,18,19);1H. The van der Waals surface area contributed by atoms with Gasteiger partial charge in [0, 0.05) is 16.0 Å². The molecule has 0 aliphatic heterocycles. The first-order chi connectivity index (χ1) is 9.72. The number of aromatic nitrogens is 1. The molecule has 3 rings (SSSR count). The van der Waals surface area contributed by atoms with Gasteiger partial charge < -0.3 is 5.32 Å². The van der Waals surface area contributed by atoms with Crippen LogP contribution in [0, 0.1) is 0 Å². The van der Waals surface area contributed by atoms with Gasteiger partial charge in [-0.15, -0.1) is 28.3 Å². The van der Waals surface area contributed by atoms with Crippen LogP contribution in [0.1, 0.15) is 0 Å². The zero-order chi connectivity index (χ0) is 13.9. The summed E-state index contributed by atoms with van der Waals surface area (Å²) in [5.74, 6) is 0. The van der Waals surface area contributed by atoms with E-state index in [2.05, 4.69) is 10.3 Å². The van der Waals surface area contributed by atoms with Gasteiger partial charge in [0.1, 0.15) is 0 Å². The first-order valence-corrected chi connectivity index (χ1v) is 7.59. The molecule has 0 radical (unpaired) electrons. The van der Waals surface area contributed by atoms with Crippen LogP contribution in [0.5, 0.6) is 0 Å². The van der Waals surface area contributed by atoms with E-state index < -0.39 is 0 Å². The van der Waals surface area contributed by atoms with Crippen molar-refractivity contribution in [1.29, 1.82) is 0 Å². The second-order valence-electron chi connectivity index (χ2n) is 4.15. The first kappa shape index (κ1) is 16.3.